The van der Waals surface area contributed by atoms with Crippen LogP contribution in [-0.4, -0.2) is 30.0 Å². The first-order valence-corrected chi connectivity index (χ1v) is 9.17. The zero-order valence-electron chi connectivity index (χ0n) is 16.7. The Kier molecular flexibility index (Phi) is 5.97. The van der Waals surface area contributed by atoms with Crippen molar-refractivity contribution in [2.75, 3.05) is 25.7 Å². The number of ether oxygens (including phenoxy) is 2. The fourth-order valence-corrected chi connectivity index (χ4v) is 3.26. The lowest BCUT2D eigenvalue weighted by atomic mass is 9.89. The molecule has 2 aromatic carbocycles. The van der Waals surface area contributed by atoms with Crippen LogP contribution in [-0.2, 0) is 6.42 Å². The molecule has 0 aliphatic carbocycles. The molecule has 0 spiro atoms. The molecule has 0 saturated carbocycles. The van der Waals surface area contributed by atoms with Crippen LogP contribution >= 0.6 is 0 Å². The van der Waals surface area contributed by atoms with Gasteiger partial charge in [0.25, 0.3) is 0 Å². The molecule has 1 heterocycles. The molecular weight excluding hydrogens is 368 g/mol. The van der Waals surface area contributed by atoms with Crippen LogP contribution in [0.25, 0.3) is 0 Å². The number of nitrogens with zero attached hydrogens (tertiary/aromatic N) is 2. The van der Waals surface area contributed by atoms with Crippen LogP contribution in [0, 0.1) is 0 Å². The molecule has 1 atom stereocenters. The molecule has 1 aromatic heterocycles. The van der Waals surface area contributed by atoms with Gasteiger partial charge in [-0.05, 0) is 35.6 Å². The van der Waals surface area contributed by atoms with Crippen molar-refractivity contribution in [3.05, 3.63) is 70.9 Å². The predicted molar refractivity (Wildman–Crippen MR) is 112 cm³/mol. The topological polar surface area (TPSA) is 113 Å². The van der Waals surface area contributed by atoms with Crippen molar-refractivity contribution in [3.63, 3.8) is 0 Å². The molecule has 0 bridgehead atoms. The van der Waals surface area contributed by atoms with Gasteiger partial charge >= 0.3 is 0 Å². The maximum absolute atomic E-state index is 13.3. The second kappa shape index (κ2) is 8.60. The van der Waals surface area contributed by atoms with Gasteiger partial charge in [-0.25, -0.2) is 4.98 Å². The monoisotopic (exact) mass is 392 g/mol. The molecule has 0 radical (unpaired) electrons. The number of ketones is 1. The molecule has 3 rings (SSSR count). The first-order valence-electron chi connectivity index (χ1n) is 9.17. The van der Waals surface area contributed by atoms with E-state index in [0.29, 0.717) is 23.5 Å². The van der Waals surface area contributed by atoms with Crippen LogP contribution < -0.4 is 20.9 Å². The smallest absolute Gasteiger partial charge is 0.221 e. The number of aromatic nitrogens is 2. The highest BCUT2D eigenvalue weighted by molar-refractivity contribution is 6.12. The van der Waals surface area contributed by atoms with Gasteiger partial charge in [-0.15, -0.1) is 0 Å². The van der Waals surface area contributed by atoms with Crippen molar-refractivity contribution in [1.82, 2.24) is 9.97 Å². The summed E-state index contributed by atoms with van der Waals surface area (Å²) in [4.78, 5) is 21.1. The number of carbonyl (C=O) groups is 1. The lowest BCUT2D eigenvalue weighted by Crippen LogP contribution is -2.13. The maximum Gasteiger partial charge on any atom is 0.221 e. The van der Waals surface area contributed by atoms with Gasteiger partial charge < -0.3 is 20.9 Å². The Labute approximate surface area is 169 Å². The summed E-state index contributed by atoms with van der Waals surface area (Å²) >= 11 is 0. The van der Waals surface area contributed by atoms with Gasteiger partial charge in [0.05, 0.1) is 19.8 Å². The Morgan fingerprint density at radius 1 is 1.03 bits per heavy atom. The second-order valence-electron chi connectivity index (χ2n) is 6.74. The van der Waals surface area contributed by atoms with Crippen molar-refractivity contribution in [3.8, 4) is 11.5 Å². The second-order valence-corrected chi connectivity index (χ2v) is 6.74. The summed E-state index contributed by atoms with van der Waals surface area (Å²) in [6.07, 6.45) is 1.97. The summed E-state index contributed by atoms with van der Waals surface area (Å²) in [6, 6.07) is 13.6. The lowest BCUT2D eigenvalue weighted by molar-refractivity contribution is 0.103. The summed E-state index contributed by atoms with van der Waals surface area (Å²) in [6.45, 7) is 2.11. The fourth-order valence-electron chi connectivity index (χ4n) is 3.26. The van der Waals surface area contributed by atoms with Crippen LogP contribution in [0.15, 0.2) is 48.7 Å². The van der Waals surface area contributed by atoms with E-state index in [9.17, 15) is 4.79 Å². The van der Waals surface area contributed by atoms with Crippen molar-refractivity contribution >= 4 is 17.5 Å². The number of hydrogen-bond donors (Lipinski definition) is 2. The standard InChI is InChI=1S/C22H24N4O3/c1-13(14-7-5-4-6-8-14)9-15-10-18(28-2)19(29-3)11-16(15)20(27)17-12-25-22(24)26-21(17)23/h4-8,10-13H,9H2,1-3H3,(H4,23,24,25,26). The van der Waals surface area contributed by atoms with Crippen LogP contribution in [0.2, 0.25) is 0 Å². The Balaban J connectivity index is 2.07. The molecule has 1 unspecified atom stereocenters. The molecule has 7 nitrogen and oxygen atoms in total. The number of hydrogen-bond acceptors (Lipinski definition) is 7. The molecule has 150 valence electrons. The number of anilines is 2. The first-order chi connectivity index (χ1) is 13.9. The zero-order valence-corrected chi connectivity index (χ0v) is 16.7. The van der Waals surface area contributed by atoms with Crippen molar-refractivity contribution in [2.45, 2.75) is 19.3 Å². The third kappa shape index (κ3) is 4.29. The molecule has 4 N–H and O–H groups in total. The number of nitrogen functional groups attached to an aromatic ring is 2. The number of nitrogens with two attached hydrogens (primary N) is 2. The van der Waals surface area contributed by atoms with Gasteiger partial charge in [0.1, 0.15) is 5.82 Å². The summed E-state index contributed by atoms with van der Waals surface area (Å²) in [7, 11) is 3.09. The van der Waals surface area contributed by atoms with E-state index in [0.717, 1.165) is 5.56 Å². The van der Waals surface area contributed by atoms with Gasteiger partial charge in [0.15, 0.2) is 17.3 Å². The Hall–Kier alpha value is -3.61. The van der Waals surface area contributed by atoms with Crippen LogP contribution in [0.1, 0.15) is 39.9 Å². The number of benzene rings is 2. The third-order valence-corrected chi connectivity index (χ3v) is 4.83. The fraction of sp³-hybridized carbons (Fsp3) is 0.227. The lowest BCUT2D eigenvalue weighted by Gasteiger charge is -2.18. The van der Waals surface area contributed by atoms with E-state index in [2.05, 4.69) is 29.0 Å². The zero-order chi connectivity index (χ0) is 21.0. The quantitative estimate of drug-likeness (QED) is 0.593. The van der Waals surface area contributed by atoms with E-state index in [-0.39, 0.29) is 29.0 Å². The van der Waals surface area contributed by atoms with Gasteiger partial charge in [0.2, 0.25) is 5.95 Å². The van der Waals surface area contributed by atoms with Gasteiger partial charge in [-0.1, -0.05) is 37.3 Å². The van der Waals surface area contributed by atoms with E-state index in [1.54, 1.807) is 13.2 Å². The van der Waals surface area contributed by atoms with Crippen molar-refractivity contribution < 1.29 is 14.3 Å². The summed E-state index contributed by atoms with van der Waals surface area (Å²) in [5.41, 5.74) is 14.1. The molecule has 3 aromatic rings. The summed E-state index contributed by atoms with van der Waals surface area (Å²) in [5.74, 6) is 0.964. The Bertz CT molecular complexity index is 1020. The van der Waals surface area contributed by atoms with E-state index in [4.69, 9.17) is 20.9 Å². The highest BCUT2D eigenvalue weighted by Gasteiger charge is 2.22. The minimum absolute atomic E-state index is 0.0179. The average Bonchev–Trinajstić information content (AvgIpc) is 2.73. The first kappa shape index (κ1) is 20.1. The molecule has 0 amide bonds. The van der Waals surface area contributed by atoms with Gasteiger partial charge in [-0.3, -0.25) is 4.79 Å². The average molecular weight is 392 g/mol. The third-order valence-electron chi connectivity index (χ3n) is 4.83. The van der Waals surface area contributed by atoms with E-state index in [1.807, 2.05) is 24.3 Å². The molecule has 0 saturated heterocycles. The number of carbonyl (C=O) groups excluding carboxylic acids is 1. The predicted octanol–water partition coefficient (Wildman–Crippen LogP) is 3.24. The van der Waals surface area contributed by atoms with Crippen LogP contribution in [0.5, 0.6) is 11.5 Å². The number of rotatable bonds is 7. The van der Waals surface area contributed by atoms with Crippen molar-refractivity contribution in [2.24, 2.45) is 0 Å². The molecule has 0 aliphatic heterocycles. The van der Waals surface area contributed by atoms with Crippen molar-refractivity contribution in [1.29, 1.82) is 0 Å². The van der Waals surface area contributed by atoms with E-state index in [1.165, 1.54) is 18.9 Å². The molecule has 0 aliphatic rings. The largest absolute Gasteiger partial charge is 0.493 e. The minimum atomic E-state index is -0.293. The molecule has 0 fully saturated rings. The highest BCUT2D eigenvalue weighted by atomic mass is 16.5. The van der Waals surface area contributed by atoms with Gasteiger partial charge in [-0.2, -0.15) is 4.98 Å². The molecule has 7 heteroatoms. The molecule has 29 heavy (non-hydrogen) atoms. The minimum Gasteiger partial charge on any atom is -0.493 e. The van der Waals surface area contributed by atoms with Crippen LogP contribution in [0.3, 0.4) is 0 Å². The maximum atomic E-state index is 13.3. The van der Waals surface area contributed by atoms with E-state index >= 15 is 0 Å². The summed E-state index contributed by atoms with van der Waals surface area (Å²) < 4.78 is 10.8. The number of methoxy groups -OCH3 is 2. The van der Waals surface area contributed by atoms with Gasteiger partial charge in [0, 0.05) is 11.8 Å². The Morgan fingerprint density at radius 3 is 2.31 bits per heavy atom. The molecular formula is C22H24N4O3. The van der Waals surface area contributed by atoms with E-state index < -0.39 is 0 Å². The summed E-state index contributed by atoms with van der Waals surface area (Å²) in [5, 5.41) is 0. The Morgan fingerprint density at radius 2 is 1.69 bits per heavy atom. The normalized spacial score (nSPS) is 11.7. The highest BCUT2D eigenvalue weighted by Crippen LogP contribution is 2.34. The van der Waals surface area contributed by atoms with Crippen LogP contribution in [0.4, 0.5) is 11.8 Å². The SMILES string of the molecule is COc1cc(CC(C)c2ccccc2)c(C(=O)c2cnc(N)nc2N)cc1OC.